The molecule has 0 bridgehead atoms. The van der Waals surface area contributed by atoms with Crippen molar-refractivity contribution < 1.29 is 9.53 Å². The highest BCUT2D eigenvalue weighted by Gasteiger charge is 2.14. The Hall–Kier alpha value is -2.45. The summed E-state index contributed by atoms with van der Waals surface area (Å²) in [6.45, 7) is 1.92. The molecular formula is C19H19BrN4O2S. The first kappa shape index (κ1) is 19.3. The molecule has 2 N–H and O–H groups in total. The van der Waals surface area contributed by atoms with Gasteiger partial charge in [0, 0.05) is 10.9 Å². The van der Waals surface area contributed by atoms with Crippen LogP contribution in [-0.4, -0.2) is 23.3 Å². The van der Waals surface area contributed by atoms with Crippen LogP contribution in [0, 0.1) is 0 Å². The predicted octanol–water partition coefficient (Wildman–Crippen LogP) is 4.78. The second-order valence-electron chi connectivity index (χ2n) is 5.87. The zero-order valence-electron chi connectivity index (χ0n) is 14.9. The molecule has 27 heavy (non-hydrogen) atoms. The van der Waals surface area contributed by atoms with Gasteiger partial charge in [-0.25, -0.2) is 4.79 Å². The first-order valence-electron chi connectivity index (χ1n) is 8.32. The number of anilines is 1. The number of hydrogen-bond acceptors (Lipinski definition) is 5. The van der Waals surface area contributed by atoms with Crippen LogP contribution in [0.3, 0.4) is 0 Å². The maximum Gasteiger partial charge on any atom is 0.321 e. The third-order valence-corrected chi connectivity index (χ3v) is 5.46. The van der Waals surface area contributed by atoms with Gasteiger partial charge in [0.05, 0.1) is 13.2 Å². The average Bonchev–Trinajstić information content (AvgIpc) is 3.08. The Labute approximate surface area is 170 Å². The van der Waals surface area contributed by atoms with Gasteiger partial charge in [-0.15, -0.1) is 10.2 Å². The van der Waals surface area contributed by atoms with E-state index in [-0.39, 0.29) is 12.1 Å². The summed E-state index contributed by atoms with van der Waals surface area (Å²) in [6, 6.07) is 15.1. The fraction of sp³-hybridized carbons (Fsp3) is 0.211. The van der Waals surface area contributed by atoms with Crippen LogP contribution in [-0.2, 0) is 6.42 Å². The smallest absolute Gasteiger partial charge is 0.321 e. The van der Waals surface area contributed by atoms with Gasteiger partial charge in [0.1, 0.15) is 10.8 Å². The van der Waals surface area contributed by atoms with Gasteiger partial charge in [-0.05, 0) is 36.2 Å². The van der Waals surface area contributed by atoms with E-state index in [1.165, 1.54) is 11.3 Å². The molecule has 0 aliphatic heterocycles. The molecule has 140 valence electrons. The molecular weight excluding hydrogens is 428 g/mol. The Morgan fingerprint density at radius 1 is 1.22 bits per heavy atom. The van der Waals surface area contributed by atoms with E-state index < -0.39 is 0 Å². The molecule has 1 unspecified atom stereocenters. The van der Waals surface area contributed by atoms with Crippen LogP contribution < -0.4 is 15.4 Å². The number of benzene rings is 2. The molecule has 3 rings (SSSR count). The number of carbonyl (C=O) groups excluding carboxylic acids is 1. The lowest BCUT2D eigenvalue weighted by Gasteiger charge is -2.15. The number of amides is 2. The molecule has 0 saturated heterocycles. The highest BCUT2D eigenvalue weighted by atomic mass is 79.9. The van der Waals surface area contributed by atoms with Crippen LogP contribution in [0.25, 0.3) is 0 Å². The summed E-state index contributed by atoms with van der Waals surface area (Å²) in [5, 5.41) is 15.1. The van der Waals surface area contributed by atoms with Crippen molar-refractivity contribution in [2.75, 3.05) is 12.4 Å². The SMILES string of the molecule is COc1cccc(Cc2nnc(NC(=O)NC(C)c3ccccc3Br)s2)c1. The minimum absolute atomic E-state index is 0.148. The summed E-state index contributed by atoms with van der Waals surface area (Å²) < 4.78 is 6.18. The first-order valence-corrected chi connectivity index (χ1v) is 9.93. The average molecular weight is 447 g/mol. The molecule has 0 aliphatic rings. The third kappa shape index (κ3) is 5.27. The molecule has 2 amide bonds. The van der Waals surface area contributed by atoms with E-state index in [4.69, 9.17) is 4.74 Å². The molecule has 0 fully saturated rings. The number of urea groups is 1. The summed E-state index contributed by atoms with van der Waals surface area (Å²) in [5.74, 6) is 0.802. The van der Waals surface area contributed by atoms with Crippen LogP contribution in [0.5, 0.6) is 5.75 Å². The van der Waals surface area contributed by atoms with Crippen molar-refractivity contribution in [2.45, 2.75) is 19.4 Å². The summed E-state index contributed by atoms with van der Waals surface area (Å²) >= 11 is 4.85. The molecule has 0 saturated carbocycles. The van der Waals surface area contributed by atoms with Crippen molar-refractivity contribution >= 4 is 38.4 Å². The fourth-order valence-corrected chi connectivity index (χ4v) is 3.96. The summed E-state index contributed by atoms with van der Waals surface area (Å²) in [6.07, 6.45) is 0.630. The van der Waals surface area contributed by atoms with Gasteiger partial charge in [-0.2, -0.15) is 0 Å². The Bertz CT molecular complexity index is 931. The highest BCUT2D eigenvalue weighted by molar-refractivity contribution is 9.10. The van der Waals surface area contributed by atoms with Crippen LogP contribution in [0.1, 0.15) is 29.1 Å². The third-order valence-electron chi connectivity index (χ3n) is 3.90. The van der Waals surface area contributed by atoms with Gasteiger partial charge in [-0.3, -0.25) is 5.32 Å². The van der Waals surface area contributed by atoms with Gasteiger partial charge < -0.3 is 10.1 Å². The van der Waals surface area contributed by atoms with E-state index in [9.17, 15) is 4.79 Å². The molecule has 0 radical (unpaired) electrons. The lowest BCUT2D eigenvalue weighted by atomic mass is 10.1. The Balaban J connectivity index is 1.58. The van der Waals surface area contributed by atoms with Crippen LogP contribution in [0.2, 0.25) is 0 Å². The van der Waals surface area contributed by atoms with Crippen LogP contribution >= 0.6 is 27.3 Å². The van der Waals surface area contributed by atoms with Crippen molar-refractivity contribution in [3.05, 3.63) is 69.1 Å². The second-order valence-corrected chi connectivity index (χ2v) is 7.79. The molecule has 1 aromatic heterocycles. The van der Waals surface area contributed by atoms with Crippen molar-refractivity contribution in [2.24, 2.45) is 0 Å². The lowest BCUT2D eigenvalue weighted by Crippen LogP contribution is -2.31. The fourth-order valence-electron chi connectivity index (χ4n) is 2.57. The summed E-state index contributed by atoms with van der Waals surface area (Å²) in [5.41, 5.74) is 2.08. The van der Waals surface area contributed by atoms with Gasteiger partial charge in [0.25, 0.3) is 0 Å². The zero-order valence-corrected chi connectivity index (χ0v) is 17.3. The van der Waals surface area contributed by atoms with Crippen molar-refractivity contribution in [3.8, 4) is 5.75 Å². The Morgan fingerprint density at radius 2 is 2.04 bits per heavy atom. The van der Waals surface area contributed by atoms with Crippen molar-refractivity contribution in [1.29, 1.82) is 0 Å². The molecule has 1 atom stereocenters. The van der Waals surface area contributed by atoms with Crippen molar-refractivity contribution in [1.82, 2.24) is 15.5 Å². The molecule has 0 aliphatic carbocycles. The number of methoxy groups -OCH3 is 1. The Morgan fingerprint density at radius 3 is 2.81 bits per heavy atom. The topological polar surface area (TPSA) is 76.1 Å². The minimum atomic E-state index is -0.317. The molecule has 6 nitrogen and oxygen atoms in total. The van der Waals surface area contributed by atoms with Gasteiger partial charge in [0.2, 0.25) is 5.13 Å². The first-order chi connectivity index (χ1) is 13.0. The highest BCUT2D eigenvalue weighted by Crippen LogP contribution is 2.24. The van der Waals surface area contributed by atoms with E-state index in [1.54, 1.807) is 7.11 Å². The van der Waals surface area contributed by atoms with E-state index in [2.05, 4.69) is 36.8 Å². The van der Waals surface area contributed by atoms with Gasteiger partial charge >= 0.3 is 6.03 Å². The van der Waals surface area contributed by atoms with E-state index in [0.717, 1.165) is 26.4 Å². The van der Waals surface area contributed by atoms with E-state index in [1.807, 2.05) is 55.5 Å². The maximum atomic E-state index is 12.2. The van der Waals surface area contributed by atoms with E-state index >= 15 is 0 Å². The molecule has 2 aromatic carbocycles. The predicted molar refractivity (Wildman–Crippen MR) is 110 cm³/mol. The molecule has 8 heteroatoms. The zero-order chi connectivity index (χ0) is 19.2. The number of rotatable bonds is 6. The normalized spacial score (nSPS) is 11.7. The molecule has 1 heterocycles. The number of carbonyl (C=O) groups is 1. The van der Waals surface area contributed by atoms with Crippen molar-refractivity contribution in [3.63, 3.8) is 0 Å². The maximum absolute atomic E-state index is 12.2. The lowest BCUT2D eigenvalue weighted by molar-refractivity contribution is 0.249. The summed E-state index contributed by atoms with van der Waals surface area (Å²) in [4.78, 5) is 12.2. The monoisotopic (exact) mass is 446 g/mol. The van der Waals surface area contributed by atoms with Gasteiger partial charge in [-0.1, -0.05) is 57.6 Å². The van der Waals surface area contributed by atoms with Crippen LogP contribution in [0.15, 0.2) is 53.0 Å². The minimum Gasteiger partial charge on any atom is -0.497 e. The molecule has 0 spiro atoms. The number of nitrogens with zero attached hydrogens (tertiary/aromatic N) is 2. The van der Waals surface area contributed by atoms with Gasteiger partial charge in [0.15, 0.2) is 0 Å². The quantitative estimate of drug-likeness (QED) is 0.570. The second kappa shape index (κ2) is 8.96. The Kier molecular flexibility index (Phi) is 6.41. The number of aromatic nitrogens is 2. The summed E-state index contributed by atoms with van der Waals surface area (Å²) in [7, 11) is 1.64. The van der Waals surface area contributed by atoms with Crippen LogP contribution in [0.4, 0.5) is 9.93 Å². The number of hydrogen-bond donors (Lipinski definition) is 2. The number of ether oxygens (including phenoxy) is 1. The standard InChI is InChI=1S/C19H19BrN4O2S/c1-12(15-8-3-4-9-16(15)20)21-18(25)22-19-24-23-17(27-19)11-13-6-5-7-14(10-13)26-2/h3-10,12H,11H2,1-2H3,(H2,21,22,24,25). The van der Waals surface area contributed by atoms with E-state index in [0.29, 0.717) is 11.6 Å². The largest absolute Gasteiger partial charge is 0.497 e. The number of halogens is 1. The molecule has 3 aromatic rings. The number of nitrogens with one attached hydrogen (secondary N) is 2.